The molecule has 0 saturated carbocycles. The van der Waals surface area contributed by atoms with Crippen LogP contribution >= 0.6 is 0 Å². The standard InChI is InChI=1S/C28H33F5N2O6/c1-2-39-24(25(36)37)17-19-7-11-23(12-8-19)40-16-14-35(13-4-15-41-28(32,33)27(29,30)31)26(38)34-22-10-9-20-5-3-6-21(20)18-22/h7-12,18,24H,2-6,13-17H2,1H3,(H,34,38)(H,36,37). The highest BCUT2D eigenvalue weighted by Gasteiger charge is 2.59. The number of urea groups is 1. The van der Waals surface area contributed by atoms with Crippen LogP contribution in [0.2, 0.25) is 0 Å². The Bertz CT molecular complexity index is 1160. The van der Waals surface area contributed by atoms with E-state index < -0.39 is 37.0 Å². The summed E-state index contributed by atoms with van der Waals surface area (Å²) < 4.78 is 77.9. The number of carbonyl (C=O) groups excluding carboxylic acids is 1. The molecule has 3 rings (SSSR count). The average molecular weight is 589 g/mol. The molecule has 0 fully saturated rings. The Hall–Kier alpha value is -3.45. The molecule has 2 aromatic carbocycles. The van der Waals surface area contributed by atoms with Gasteiger partial charge in [0.05, 0.1) is 13.2 Å². The maximum absolute atomic E-state index is 13.1. The van der Waals surface area contributed by atoms with Crippen LogP contribution in [0.15, 0.2) is 42.5 Å². The fraction of sp³-hybridized carbons (Fsp3) is 0.500. The molecule has 2 aromatic rings. The third-order valence-corrected chi connectivity index (χ3v) is 6.44. The van der Waals surface area contributed by atoms with Gasteiger partial charge in [-0.3, -0.25) is 0 Å². The Labute approximate surface area is 234 Å². The molecule has 1 unspecified atom stereocenters. The number of ether oxygens (including phenoxy) is 3. The van der Waals surface area contributed by atoms with Gasteiger partial charge in [0.2, 0.25) is 0 Å². The normalized spacial score (nSPS) is 13.9. The third kappa shape index (κ3) is 9.56. The van der Waals surface area contributed by atoms with Crippen molar-refractivity contribution < 1.29 is 50.9 Å². The van der Waals surface area contributed by atoms with E-state index in [1.807, 2.05) is 12.1 Å². The van der Waals surface area contributed by atoms with Crippen LogP contribution in [0.25, 0.3) is 0 Å². The number of amides is 2. The molecule has 0 spiro atoms. The fourth-order valence-corrected chi connectivity index (χ4v) is 4.33. The number of nitrogens with one attached hydrogen (secondary N) is 1. The van der Waals surface area contributed by atoms with E-state index >= 15 is 0 Å². The number of carboxylic acids is 1. The molecule has 1 aliphatic rings. The number of halogens is 5. The quantitative estimate of drug-likeness (QED) is 0.205. The van der Waals surface area contributed by atoms with Crippen molar-refractivity contribution in [1.82, 2.24) is 4.90 Å². The molecular formula is C28H33F5N2O6. The molecule has 8 nitrogen and oxygen atoms in total. The fourth-order valence-electron chi connectivity index (χ4n) is 4.33. The van der Waals surface area contributed by atoms with E-state index in [1.165, 1.54) is 10.5 Å². The lowest BCUT2D eigenvalue weighted by Gasteiger charge is -2.24. The molecule has 226 valence electrons. The van der Waals surface area contributed by atoms with E-state index in [1.54, 1.807) is 37.3 Å². The lowest BCUT2D eigenvalue weighted by molar-refractivity contribution is -0.391. The molecule has 0 aliphatic heterocycles. The molecule has 0 bridgehead atoms. The first kappa shape index (κ1) is 32.1. The summed E-state index contributed by atoms with van der Waals surface area (Å²) in [6.45, 7) is 0.864. The van der Waals surface area contributed by atoms with Gasteiger partial charge >= 0.3 is 24.3 Å². The number of anilines is 1. The van der Waals surface area contributed by atoms with Crippen molar-refractivity contribution in [2.75, 3.05) is 38.2 Å². The number of fused-ring (bicyclic) bond motifs is 1. The van der Waals surface area contributed by atoms with Crippen LogP contribution in [0, 0.1) is 0 Å². The van der Waals surface area contributed by atoms with Crippen molar-refractivity contribution in [2.45, 2.75) is 57.4 Å². The van der Waals surface area contributed by atoms with Crippen LogP contribution in [0.3, 0.4) is 0 Å². The highest BCUT2D eigenvalue weighted by Crippen LogP contribution is 2.36. The summed E-state index contributed by atoms with van der Waals surface area (Å²) in [5.41, 5.74) is 3.59. The average Bonchev–Trinajstić information content (AvgIpc) is 3.38. The number of hydrogen-bond donors (Lipinski definition) is 2. The maximum Gasteiger partial charge on any atom is 0.482 e. The minimum absolute atomic E-state index is 0.000380. The predicted octanol–water partition coefficient (Wildman–Crippen LogP) is 5.68. The largest absolute Gasteiger partial charge is 0.492 e. The molecule has 13 heteroatoms. The second-order valence-electron chi connectivity index (χ2n) is 9.45. The molecule has 0 saturated heterocycles. The van der Waals surface area contributed by atoms with Gasteiger partial charge in [0.1, 0.15) is 12.4 Å². The number of aryl methyl sites for hydroxylation is 2. The number of benzene rings is 2. The first-order chi connectivity index (χ1) is 19.4. The van der Waals surface area contributed by atoms with Crippen LogP contribution in [0.4, 0.5) is 32.4 Å². The van der Waals surface area contributed by atoms with E-state index in [0.29, 0.717) is 17.0 Å². The molecule has 2 amide bonds. The lowest BCUT2D eigenvalue weighted by atomic mass is 10.1. The van der Waals surface area contributed by atoms with Crippen molar-refractivity contribution in [3.8, 4) is 5.75 Å². The Morgan fingerprint density at radius 3 is 2.37 bits per heavy atom. The molecule has 1 atom stereocenters. The van der Waals surface area contributed by atoms with Crippen molar-refractivity contribution >= 4 is 17.7 Å². The van der Waals surface area contributed by atoms with Gasteiger partial charge in [-0.25, -0.2) is 9.59 Å². The van der Waals surface area contributed by atoms with Crippen LogP contribution in [0.5, 0.6) is 5.75 Å². The summed E-state index contributed by atoms with van der Waals surface area (Å²) in [5.74, 6) is -0.637. The number of nitrogens with zero attached hydrogens (tertiary/aromatic N) is 1. The van der Waals surface area contributed by atoms with Crippen molar-refractivity contribution in [1.29, 1.82) is 0 Å². The van der Waals surface area contributed by atoms with Gasteiger partial charge in [-0.15, -0.1) is 0 Å². The summed E-state index contributed by atoms with van der Waals surface area (Å²) in [5, 5.41) is 12.0. The molecule has 41 heavy (non-hydrogen) atoms. The SMILES string of the molecule is CCOC(Cc1ccc(OCCN(CCCOC(F)(F)C(F)(F)F)C(=O)Nc2ccc3c(c2)CCC3)cc1)C(=O)O. The molecular weight excluding hydrogens is 555 g/mol. The highest BCUT2D eigenvalue weighted by molar-refractivity contribution is 5.89. The highest BCUT2D eigenvalue weighted by atomic mass is 19.4. The number of carboxylic acid groups (broad SMARTS) is 1. The van der Waals surface area contributed by atoms with Crippen molar-refractivity contribution in [3.05, 3.63) is 59.2 Å². The number of carbonyl (C=O) groups is 2. The first-order valence-corrected chi connectivity index (χ1v) is 13.2. The van der Waals surface area contributed by atoms with Gasteiger partial charge in [0, 0.05) is 25.3 Å². The van der Waals surface area contributed by atoms with E-state index in [9.17, 15) is 36.6 Å². The Morgan fingerprint density at radius 2 is 1.71 bits per heavy atom. The number of rotatable bonds is 15. The summed E-state index contributed by atoms with van der Waals surface area (Å²) >= 11 is 0. The lowest BCUT2D eigenvalue weighted by Crippen LogP contribution is -2.41. The van der Waals surface area contributed by atoms with Crippen LogP contribution < -0.4 is 10.1 Å². The van der Waals surface area contributed by atoms with Crippen LogP contribution in [-0.2, 0) is 33.5 Å². The minimum atomic E-state index is -5.83. The summed E-state index contributed by atoms with van der Waals surface area (Å²) in [6, 6.07) is 11.6. The van der Waals surface area contributed by atoms with Gasteiger partial charge in [-0.2, -0.15) is 22.0 Å². The van der Waals surface area contributed by atoms with Gasteiger partial charge in [-0.05, 0) is 73.6 Å². The maximum atomic E-state index is 13.1. The molecule has 1 aliphatic carbocycles. The van der Waals surface area contributed by atoms with Crippen LogP contribution in [0.1, 0.15) is 36.5 Å². The van der Waals surface area contributed by atoms with E-state index in [-0.39, 0.29) is 39.1 Å². The first-order valence-electron chi connectivity index (χ1n) is 13.2. The van der Waals surface area contributed by atoms with Gasteiger partial charge < -0.3 is 29.5 Å². The molecule has 2 N–H and O–H groups in total. The second-order valence-corrected chi connectivity index (χ2v) is 9.45. The zero-order valence-electron chi connectivity index (χ0n) is 22.5. The summed E-state index contributed by atoms with van der Waals surface area (Å²) in [7, 11) is 0. The Balaban J connectivity index is 1.57. The van der Waals surface area contributed by atoms with Gasteiger partial charge in [-0.1, -0.05) is 18.2 Å². The Morgan fingerprint density at radius 1 is 1.00 bits per heavy atom. The van der Waals surface area contributed by atoms with E-state index in [0.717, 1.165) is 24.8 Å². The summed E-state index contributed by atoms with van der Waals surface area (Å²) in [6.07, 6.45) is -9.34. The zero-order chi connectivity index (χ0) is 30.0. The number of aliphatic carboxylic acids is 1. The second kappa shape index (κ2) is 14.4. The smallest absolute Gasteiger partial charge is 0.482 e. The van der Waals surface area contributed by atoms with E-state index in [4.69, 9.17) is 9.47 Å². The predicted molar refractivity (Wildman–Crippen MR) is 139 cm³/mol. The molecule has 0 heterocycles. The topological polar surface area (TPSA) is 97.3 Å². The third-order valence-electron chi connectivity index (χ3n) is 6.44. The van der Waals surface area contributed by atoms with Gasteiger partial charge in [0.15, 0.2) is 6.10 Å². The van der Waals surface area contributed by atoms with Crippen LogP contribution in [-0.4, -0.2) is 73.3 Å². The van der Waals surface area contributed by atoms with Gasteiger partial charge in [0.25, 0.3) is 0 Å². The summed E-state index contributed by atoms with van der Waals surface area (Å²) in [4.78, 5) is 25.5. The van der Waals surface area contributed by atoms with Crippen molar-refractivity contribution in [3.63, 3.8) is 0 Å². The Kier molecular flexibility index (Phi) is 11.3. The molecule has 0 aromatic heterocycles. The van der Waals surface area contributed by atoms with Crippen molar-refractivity contribution in [2.24, 2.45) is 0 Å². The van der Waals surface area contributed by atoms with E-state index in [2.05, 4.69) is 10.1 Å². The number of hydrogen-bond acceptors (Lipinski definition) is 5. The minimum Gasteiger partial charge on any atom is -0.492 e. The number of alkyl halides is 5. The monoisotopic (exact) mass is 588 g/mol. The zero-order valence-corrected chi connectivity index (χ0v) is 22.5. The molecule has 0 radical (unpaired) electrons.